The molecule has 0 aliphatic carbocycles. The Morgan fingerprint density at radius 1 is 1.44 bits per heavy atom. The number of hydrogen-bond acceptors (Lipinski definition) is 4. The van der Waals surface area contributed by atoms with Gasteiger partial charge in [-0.05, 0) is 27.2 Å². The number of thiazole rings is 1. The molecule has 0 radical (unpaired) electrons. The van der Waals surface area contributed by atoms with Crippen LogP contribution in [0.2, 0.25) is 0 Å². The van der Waals surface area contributed by atoms with Crippen molar-refractivity contribution in [1.29, 1.82) is 0 Å². The van der Waals surface area contributed by atoms with E-state index in [-0.39, 0.29) is 12.3 Å². The lowest BCUT2D eigenvalue weighted by molar-refractivity contribution is -0.138. The highest BCUT2D eigenvalue weighted by molar-refractivity contribution is 7.13. The van der Waals surface area contributed by atoms with Crippen LogP contribution in [-0.4, -0.2) is 27.5 Å². The van der Waals surface area contributed by atoms with Gasteiger partial charge in [0.2, 0.25) is 0 Å². The minimum atomic E-state index is -0.920. The van der Waals surface area contributed by atoms with E-state index < -0.39 is 11.5 Å². The Morgan fingerprint density at radius 2 is 2.06 bits per heavy atom. The van der Waals surface area contributed by atoms with Crippen molar-refractivity contribution in [3.05, 3.63) is 15.6 Å². The SMILES string of the molecule is CCC(C)(CC(=O)O)NC(=O)c1sc(C)nc1C. The van der Waals surface area contributed by atoms with Crippen molar-refractivity contribution >= 4 is 23.2 Å². The van der Waals surface area contributed by atoms with Gasteiger partial charge in [-0.25, -0.2) is 4.98 Å². The highest BCUT2D eigenvalue weighted by Crippen LogP contribution is 2.20. The average Bonchev–Trinajstić information content (AvgIpc) is 2.56. The van der Waals surface area contributed by atoms with Gasteiger partial charge < -0.3 is 10.4 Å². The van der Waals surface area contributed by atoms with Crippen LogP contribution in [0.5, 0.6) is 0 Å². The Hall–Kier alpha value is -1.43. The number of carbonyl (C=O) groups excluding carboxylic acids is 1. The number of carboxylic acids is 1. The molecule has 0 aliphatic rings. The van der Waals surface area contributed by atoms with E-state index in [1.165, 1.54) is 11.3 Å². The summed E-state index contributed by atoms with van der Waals surface area (Å²) >= 11 is 1.32. The molecule has 5 nitrogen and oxygen atoms in total. The first-order valence-electron chi connectivity index (χ1n) is 5.76. The Labute approximate surface area is 110 Å². The average molecular weight is 270 g/mol. The molecule has 0 aliphatic heterocycles. The van der Waals surface area contributed by atoms with E-state index in [9.17, 15) is 9.59 Å². The van der Waals surface area contributed by atoms with E-state index in [4.69, 9.17) is 5.11 Å². The number of nitrogens with one attached hydrogen (secondary N) is 1. The van der Waals surface area contributed by atoms with Crippen molar-refractivity contribution in [2.45, 2.75) is 46.1 Å². The lowest BCUT2D eigenvalue weighted by atomic mass is 9.94. The van der Waals surface area contributed by atoms with Crippen molar-refractivity contribution in [2.24, 2.45) is 0 Å². The number of aryl methyl sites for hydroxylation is 2. The zero-order valence-corrected chi connectivity index (χ0v) is 11.8. The summed E-state index contributed by atoms with van der Waals surface area (Å²) in [5.41, 5.74) is -0.0449. The number of amides is 1. The van der Waals surface area contributed by atoms with E-state index >= 15 is 0 Å². The topological polar surface area (TPSA) is 79.3 Å². The molecular formula is C12H18N2O3S. The van der Waals surface area contributed by atoms with Crippen molar-refractivity contribution in [3.63, 3.8) is 0 Å². The second kappa shape index (κ2) is 5.48. The van der Waals surface area contributed by atoms with E-state index in [2.05, 4.69) is 10.3 Å². The number of rotatable bonds is 5. The number of carboxylic acid groups (broad SMARTS) is 1. The van der Waals surface area contributed by atoms with E-state index in [1.807, 2.05) is 13.8 Å². The molecule has 0 spiro atoms. The maximum Gasteiger partial charge on any atom is 0.305 e. The van der Waals surface area contributed by atoms with Crippen molar-refractivity contribution in [3.8, 4) is 0 Å². The minimum Gasteiger partial charge on any atom is -0.481 e. The Bertz CT molecular complexity index is 470. The number of aliphatic carboxylic acids is 1. The van der Waals surface area contributed by atoms with E-state index in [0.29, 0.717) is 17.0 Å². The molecule has 0 aromatic carbocycles. The summed E-state index contributed by atoms with van der Waals surface area (Å²) in [7, 11) is 0. The molecule has 1 unspecified atom stereocenters. The third kappa shape index (κ3) is 3.53. The van der Waals surface area contributed by atoms with Crippen molar-refractivity contribution in [2.75, 3.05) is 0 Å². The van der Waals surface area contributed by atoms with Crippen LogP contribution in [0.4, 0.5) is 0 Å². The quantitative estimate of drug-likeness (QED) is 0.859. The molecule has 6 heteroatoms. The second-order valence-corrected chi connectivity index (χ2v) is 5.79. The van der Waals surface area contributed by atoms with Crippen LogP contribution < -0.4 is 5.32 Å². The van der Waals surface area contributed by atoms with E-state index in [0.717, 1.165) is 5.01 Å². The molecule has 2 N–H and O–H groups in total. The summed E-state index contributed by atoms with van der Waals surface area (Å²) in [4.78, 5) is 27.6. The van der Waals surface area contributed by atoms with Crippen molar-refractivity contribution in [1.82, 2.24) is 10.3 Å². The number of hydrogen-bond donors (Lipinski definition) is 2. The molecule has 1 amide bonds. The van der Waals surface area contributed by atoms with Crippen LogP contribution in [-0.2, 0) is 4.79 Å². The predicted octanol–water partition coefficient (Wildman–Crippen LogP) is 2.13. The van der Waals surface area contributed by atoms with Crippen LogP contribution in [0.15, 0.2) is 0 Å². The molecule has 0 saturated carbocycles. The first-order chi connectivity index (χ1) is 8.27. The highest BCUT2D eigenvalue weighted by atomic mass is 32.1. The molecule has 0 bridgehead atoms. The Balaban J connectivity index is 2.85. The maximum atomic E-state index is 12.1. The first-order valence-corrected chi connectivity index (χ1v) is 6.57. The van der Waals surface area contributed by atoms with Gasteiger partial charge in [-0.1, -0.05) is 6.92 Å². The number of carbonyl (C=O) groups is 2. The third-order valence-electron chi connectivity index (χ3n) is 2.85. The largest absolute Gasteiger partial charge is 0.481 e. The van der Waals surface area contributed by atoms with Crippen LogP contribution in [0.1, 0.15) is 47.1 Å². The summed E-state index contributed by atoms with van der Waals surface area (Å²) in [5.74, 6) is -1.17. The molecular weight excluding hydrogens is 252 g/mol. The molecule has 0 fully saturated rings. The predicted molar refractivity (Wildman–Crippen MR) is 70.0 cm³/mol. The normalized spacial score (nSPS) is 14.0. The number of aromatic nitrogens is 1. The fourth-order valence-electron chi connectivity index (χ4n) is 1.66. The molecule has 1 rings (SSSR count). The molecule has 0 saturated heterocycles. The number of nitrogens with zero attached hydrogens (tertiary/aromatic N) is 1. The van der Waals surface area contributed by atoms with Gasteiger partial charge in [0.15, 0.2) is 0 Å². The van der Waals surface area contributed by atoms with Gasteiger partial charge in [0.1, 0.15) is 4.88 Å². The summed E-state index contributed by atoms with van der Waals surface area (Å²) in [5, 5.41) is 12.5. The zero-order chi connectivity index (χ0) is 13.9. The minimum absolute atomic E-state index is 0.0912. The molecule has 1 aromatic heterocycles. The van der Waals surface area contributed by atoms with Gasteiger partial charge in [0.25, 0.3) is 5.91 Å². The molecule has 100 valence electrons. The molecule has 1 atom stereocenters. The van der Waals surface area contributed by atoms with Crippen LogP contribution in [0.3, 0.4) is 0 Å². The Morgan fingerprint density at radius 3 is 2.44 bits per heavy atom. The fourth-order valence-corrected chi connectivity index (χ4v) is 2.48. The van der Waals surface area contributed by atoms with Crippen molar-refractivity contribution < 1.29 is 14.7 Å². The van der Waals surface area contributed by atoms with E-state index in [1.54, 1.807) is 13.8 Å². The summed E-state index contributed by atoms with van der Waals surface area (Å²) in [6, 6.07) is 0. The monoisotopic (exact) mass is 270 g/mol. The summed E-state index contributed by atoms with van der Waals surface area (Å²) in [6.45, 7) is 7.21. The fraction of sp³-hybridized carbons (Fsp3) is 0.583. The van der Waals surface area contributed by atoms with Crippen LogP contribution >= 0.6 is 11.3 Å². The lowest BCUT2D eigenvalue weighted by Crippen LogP contribution is -2.47. The molecule has 1 heterocycles. The smallest absolute Gasteiger partial charge is 0.305 e. The van der Waals surface area contributed by atoms with Gasteiger partial charge >= 0.3 is 5.97 Å². The Kier molecular flexibility index (Phi) is 4.45. The zero-order valence-electron chi connectivity index (χ0n) is 11.0. The van der Waals surface area contributed by atoms with Crippen LogP contribution in [0.25, 0.3) is 0 Å². The second-order valence-electron chi connectivity index (χ2n) is 4.59. The standard InChI is InChI=1S/C12H18N2O3S/c1-5-12(4,6-9(15)16)14-11(17)10-7(2)13-8(3)18-10/h5-6H2,1-4H3,(H,14,17)(H,15,16). The molecule has 18 heavy (non-hydrogen) atoms. The van der Waals surface area contributed by atoms with Gasteiger partial charge in [-0.3, -0.25) is 9.59 Å². The molecule has 1 aromatic rings. The van der Waals surface area contributed by atoms with Gasteiger partial charge in [0, 0.05) is 5.54 Å². The highest BCUT2D eigenvalue weighted by Gasteiger charge is 2.29. The van der Waals surface area contributed by atoms with Crippen LogP contribution in [0, 0.1) is 13.8 Å². The van der Waals surface area contributed by atoms with Gasteiger partial charge in [-0.2, -0.15) is 0 Å². The van der Waals surface area contributed by atoms with Gasteiger partial charge in [0.05, 0.1) is 17.1 Å². The maximum absolute atomic E-state index is 12.1. The third-order valence-corrected chi connectivity index (χ3v) is 3.92. The summed E-state index contributed by atoms with van der Waals surface area (Å²) in [6.07, 6.45) is 0.466. The van der Waals surface area contributed by atoms with Gasteiger partial charge in [-0.15, -0.1) is 11.3 Å². The summed E-state index contributed by atoms with van der Waals surface area (Å²) < 4.78 is 0. The lowest BCUT2D eigenvalue weighted by Gasteiger charge is -2.27. The first kappa shape index (κ1) is 14.6.